The number of amides is 2. The van der Waals surface area contributed by atoms with Crippen LogP contribution in [0.3, 0.4) is 0 Å². The minimum absolute atomic E-state index is 0.0389. The summed E-state index contributed by atoms with van der Waals surface area (Å²) in [4.78, 5) is 29.6. The van der Waals surface area contributed by atoms with Crippen molar-refractivity contribution in [2.24, 2.45) is 0 Å². The van der Waals surface area contributed by atoms with Crippen LogP contribution < -0.4 is 0 Å². The topological polar surface area (TPSA) is 60.9 Å². The van der Waals surface area contributed by atoms with Crippen LogP contribution >= 0.6 is 0 Å². The third kappa shape index (κ3) is 3.47. The number of hydrogen-bond donors (Lipinski definition) is 1. The van der Waals surface area contributed by atoms with Crippen molar-refractivity contribution in [3.8, 4) is 0 Å². The van der Waals surface area contributed by atoms with Gasteiger partial charge in [-0.2, -0.15) is 0 Å². The average Bonchev–Trinajstić information content (AvgIpc) is 2.89. The first-order chi connectivity index (χ1) is 13.1. The van der Waals surface area contributed by atoms with E-state index in [0.717, 1.165) is 11.1 Å². The van der Waals surface area contributed by atoms with Crippen molar-refractivity contribution in [3.63, 3.8) is 0 Å². The molecule has 27 heavy (non-hydrogen) atoms. The first kappa shape index (κ1) is 17.7. The molecule has 2 aromatic rings. The van der Waals surface area contributed by atoms with Crippen molar-refractivity contribution in [2.75, 3.05) is 6.54 Å². The largest absolute Gasteiger partial charge is 0.390 e. The normalized spacial score (nSPS) is 25.0. The summed E-state index contributed by atoms with van der Waals surface area (Å²) in [6.07, 6.45) is 0.855. The lowest BCUT2D eigenvalue weighted by molar-refractivity contribution is -0.164. The highest BCUT2D eigenvalue weighted by atomic mass is 16.3. The maximum atomic E-state index is 13.2. The van der Waals surface area contributed by atoms with Gasteiger partial charge in [0.2, 0.25) is 11.8 Å². The Morgan fingerprint density at radius 2 is 1.44 bits per heavy atom. The number of nitrogens with zero attached hydrogens (tertiary/aromatic N) is 2. The molecule has 0 radical (unpaired) electrons. The van der Waals surface area contributed by atoms with Crippen LogP contribution in [0.4, 0.5) is 0 Å². The maximum absolute atomic E-state index is 13.2. The molecule has 0 aromatic heterocycles. The lowest BCUT2D eigenvalue weighted by atomic mass is 10.0. The van der Waals surface area contributed by atoms with Gasteiger partial charge in [-0.05, 0) is 30.4 Å². The summed E-state index contributed by atoms with van der Waals surface area (Å²) < 4.78 is 0. The molecular formula is C22H24N2O3. The number of carbonyl (C=O) groups excluding carboxylic acids is 2. The average molecular weight is 364 g/mol. The highest BCUT2D eigenvalue weighted by molar-refractivity contribution is 5.98. The van der Waals surface area contributed by atoms with E-state index in [1.807, 2.05) is 60.7 Å². The molecule has 1 N–H and O–H groups in total. The number of piperazine rings is 1. The molecule has 3 aliphatic rings. The van der Waals surface area contributed by atoms with E-state index in [9.17, 15) is 14.7 Å². The molecule has 5 rings (SSSR count). The van der Waals surface area contributed by atoms with E-state index in [2.05, 4.69) is 0 Å². The molecule has 3 atom stereocenters. The number of benzene rings is 2. The van der Waals surface area contributed by atoms with Gasteiger partial charge in [0.25, 0.3) is 0 Å². The van der Waals surface area contributed by atoms with Gasteiger partial charge in [-0.25, -0.2) is 0 Å². The molecule has 2 bridgehead atoms. The van der Waals surface area contributed by atoms with Gasteiger partial charge < -0.3 is 14.9 Å². The quantitative estimate of drug-likeness (QED) is 0.883. The van der Waals surface area contributed by atoms with Crippen molar-refractivity contribution >= 4 is 11.8 Å². The first-order valence-electron chi connectivity index (χ1n) is 9.52. The van der Waals surface area contributed by atoms with E-state index in [1.54, 1.807) is 9.80 Å². The van der Waals surface area contributed by atoms with Crippen molar-refractivity contribution in [1.82, 2.24) is 9.80 Å². The van der Waals surface area contributed by atoms with Crippen LogP contribution in [0.2, 0.25) is 0 Å². The Bertz CT molecular complexity index is 809. The minimum atomic E-state index is -0.803. The molecule has 140 valence electrons. The van der Waals surface area contributed by atoms with Gasteiger partial charge >= 0.3 is 0 Å². The third-order valence-corrected chi connectivity index (χ3v) is 5.60. The number of rotatable bonds is 5. The van der Waals surface area contributed by atoms with Gasteiger partial charge in [0.15, 0.2) is 0 Å². The number of aliphatic hydroxyl groups is 1. The zero-order valence-corrected chi connectivity index (χ0v) is 15.2. The molecule has 0 spiro atoms. The van der Waals surface area contributed by atoms with Crippen LogP contribution in [0, 0.1) is 0 Å². The molecule has 3 fully saturated rings. The summed E-state index contributed by atoms with van der Waals surface area (Å²) in [7, 11) is 0. The number of carbonyl (C=O) groups is 2. The highest BCUT2D eigenvalue weighted by Gasteiger charge is 2.51. The van der Waals surface area contributed by atoms with E-state index in [0.29, 0.717) is 32.4 Å². The molecular weight excluding hydrogens is 340 g/mol. The smallest absolute Gasteiger partial charge is 0.249 e. The van der Waals surface area contributed by atoms with Gasteiger partial charge in [0.05, 0.1) is 6.10 Å². The molecule has 2 amide bonds. The SMILES string of the molecule is O=C1[C@@H]2CC[C@H](O)[C@@H](C(=O)N2Cc2ccccc2)N1CCc1ccccc1. The van der Waals surface area contributed by atoms with E-state index in [4.69, 9.17) is 0 Å². The first-order valence-corrected chi connectivity index (χ1v) is 9.52. The summed E-state index contributed by atoms with van der Waals surface area (Å²) in [6.45, 7) is 0.859. The second-order valence-electron chi connectivity index (χ2n) is 7.32. The Kier molecular flexibility index (Phi) is 4.94. The predicted octanol–water partition coefficient (Wildman–Crippen LogP) is 1.99. The highest BCUT2D eigenvalue weighted by Crippen LogP contribution is 2.31. The summed E-state index contributed by atoms with van der Waals surface area (Å²) >= 11 is 0. The monoisotopic (exact) mass is 364 g/mol. The fourth-order valence-corrected chi connectivity index (χ4v) is 4.17. The summed E-state index contributed by atoms with van der Waals surface area (Å²) in [5, 5.41) is 10.6. The van der Waals surface area contributed by atoms with Crippen LogP contribution in [-0.2, 0) is 22.6 Å². The minimum Gasteiger partial charge on any atom is -0.390 e. The van der Waals surface area contributed by atoms with Crippen LogP contribution in [0.1, 0.15) is 24.0 Å². The fourth-order valence-electron chi connectivity index (χ4n) is 4.17. The Hall–Kier alpha value is -2.66. The summed E-state index contributed by atoms with van der Waals surface area (Å²) in [5.41, 5.74) is 2.12. The van der Waals surface area contributed by atoms with Crippen molar-refractivity contribution in [1.29, 1.82) is 0 Å². The lowest BCUT2D eigenvalue weighted by Crippen LogP contribution is -2.65. The maximum Gasteiger partial charge on any atom is 0.249 e. The van der Waals surface area contributed by atoms with E-state index >= 15 is 0 Å². The van der Waals surface area contributed by atoms with Gasteiger partial charge in [-0.15, -0.1) is 0 Å². The zero-order chi connectivity index (χ0) is 18.8. The Labute approximate surface area is 159 Å². The standard InChI is InChI=1S/C22H24N2O3/c25-19-12-11-18-21(26)23(14-13-16-7-3-1-4-8-16)20(19)22(27)24(18)15-17-9-5-2-6-10-17/h1-10,18-20,25H,11-15H2/t18-,19-,20-/m0/s1. The number of aliphatic hydroxyl groups excluding tert-OH is 1. The second-order valence-corrected chi connectivity index (χ2v) is 7.32. The molecule has 0 saturated carbocycles. The van der Waals surface area contributed by atoms with Crippen molar-refractivity contribution in [2.45, 2.75) is 44.0 Å². The molecule has 3 heterocycles. The van der Waals surface area contributed by atoms with Crippen LogP contribution in [-0.4, -0.2) is 51.5 Å². The van der Waals surface area contributed by atoms with Crippen LogP contribution in [0.15, 0.2) is 60.7 Å². The Balaban J connectivity index is 1.56. The van der Waals surface area contributed by atoms with Gasteiger partial charge in [-0.3, -0.25) is 9.59 Å². The van der Waals surface area contributed by atoms with E-state index in [1.165, 1.54) is 0 Å². The van der Waals surface area contributed by atoms with Crippen LogP contribution in [0.5, 0.6) is 0 Å². The van der Waals surface area contributed by atoms with Gasteiger partial charge in [-0.1, -0.05) is 60.7 Å². The van der Waals surface area contributed by atoms with Gasteiger partial charge in [0, 0.05) is 13.1 Å². The second kappa shape index (κ2) is 7.53. The summed E-state index contributed by atoms with van der Waals surface area (Å²) in [6, 6.07) is 18.4. The molecule has 2 aromatic carbocycles. The fraction of sp³-hybridized carbons (Fsp3) is 0.364. The molecule has 5 nitrogen and oxygen atoms in total. The Morgan fingerprint density at radius 3 is 2.11 bits per heavy atom. The van der Waals surface area contributed by atoms with E-state index < -0.39 is 18.2 Å². The Morgan fingerprint density at radius 1 is 0.815 bits per heavy atom. The molecule has 5 heteroatoms. The van der Waals surface area contributed by atoms with Crippen LogP contribution in [0.25, 0.3) is 0 Å². The van der Waals surface area contributed by atoms with E-state index in [-0.39, 0.29) is 11.8 Å². The third-order valence-electron chi connectivity index (χ3n) is 5.60. The molecule has 3 aliphatic heterocycles. The predicted molar refractivity (Wildman–Crippen MR) is 102 cm³/mol. The van der Waals surface area contributed by atoms with Crippen molar-refractivity contribution < 1.29 is 14.7 Å². The van der Waals surface area contributed by atoms with Crippen molar-refractivity contribution in [3.05, 3.63) is 71.8 Å². The number of fused-ring (bicyclic) bond motifs is 4. The number of hydrogen-bond acceptors (Lipinski definition) is 3. The lowest BCUT2D eigenvalue weighted by Gasteiger charge is -2.43. The molecule has 3 saturated heterocycles. The molecule has 0 unspecified atom stereocenters. The zero-order valence-electron chi connectivity index (χ0n) is 15.2. The summed E-state index contributed by atoms with van der Waals surface area (Å²) in [5.74, 6) is -0.176. The molecule has 0 aliphatic carbocycles. The van der Waals surface area contributed by atoms with Gasteiger partial charge in [0.1, 0.15) is 12.1 Å².